The summed E-state index contributed by atoms with van der Waals surface area (Å²) in [5, 5.41) is 7.13. The maximum atomic E-state index is 13.2. The van der Waals surface area contributed by atoms with E-state index >= 15 is 0 Å². The zero-order chi connectivity index (χ0) is 17.8. The number of rotatable bonds is 2. The molecule has 0 saturated carbocycles. The van der Waals surface area contributed by atoms with Gasteiger partial charge in [-0.1, -0.05) is 18.2 Å². The highest BCUT2D eigenvalue weighted by atomic mass is 32.1. The minimum Gasteiger partial charge on any atom is -0.341 e. The predicted molar refractivity (Wildman–Crippen MR) is 90.9 cm³/mol. The minimum atomic E-state index is -4.60. The molecule has 25 heavy (non-hydrogen) atoms. The van der Waals surface area contributed by atoms with Crippen LogP contribution >= 0.6 is 11.3 Å². The molecule has 0 aliphatic heterocycles. The first-order chi connectivity index (χ1) is 11.8. The van der Waals surface area contributed by atoms with Gasteiger partial charge in [-0.15, -0.1) is 16.4 Å². The van der Waals surface area contributed by atoms with E-state index in [9.17, 15) is 13.2 Å². The average Bonchev–Trinajstić information content (AvgIpc) is 3.24. The molecule has 0 aliphatic carbocycles. The highest BCUT2D eigenvalue weighted by Crippen LogP contribution is 2.33. The molecular formula is C17H13F3N4S. The molecule has 8 heteroatoms. The Hall–Kier alpha value is -2.61. The molecule has 0 saturated heterocycles. The Labute approximate surface area is 145 Å². The fraction of sp³-hybridized carbons (Fsp3) is 0.176. The molecule has 1 aromatic carbocycles. The number of hydrogen-bond acceptors (Lipinski definition) is 3. The molecule has 0 radical (unpaired) electrons. The van der Waals surface area contributed by atoms with Crippen molar-refractivity contribution in [1.29, 1.82) is 0 Å². The third kappa shape index (κ3) is 2.62. The van der Waals surface area contributed by atoms with Gasteiger partial charge in [0.15, 0.2) is 5.82 Å². The van der Waals surface area contributed by atoms with Crippen molar-refractivity contribution in [2.75, 3.05) is 0 Å². The zero-order valence-corrected chi connectivity index (χ0v) is 14.2. The highest BCUT2D eigenvalue weighted by Gasteiger charge is 2.38. The Balaban J connectivity index is 1.99. The summed E-state index contributed by atoms with van der Waals surface area (Å²) in [4.78, 5) is 3.81. The first-order valence-corrected chi connectivity index (χ1v) is 8.37. The Morgan fingerprint density at radius 2 is 1.88 bits per heavy atom. The van der Waals surface area contributed by atoms with Gasteiger partial charge in [0.05, 0.1) is 5.69 Å². The van der Waals surface area contributed by atoms with Gasteiger partial charge in [-0.05, 0) is 36.1 Å². The van der Waals surface area contributed by atoms with E-state index in [4.69, 9.17) is 0 Å². The number of thiophene rings is 1. The summed E-state index contributed by atoms with van der Waals surface area (Å²) >= 11 is 1.33. The van der Waals surface area contributed by atoms with Gasteiger partial charge in [0.25, 0.3) is 5.82 Å². The number of alkyl halides is 3. The lowest BCUT2D eigenvalue weighted by Gasteiger charge is -2.05. The Morgan fingerprint density at radius 1 is 1.12 bits per heavy atom. The van der Waals surface area contributed by atoms with Crippen molar-refractivity contribution in [2.45, 2.75) is 13.1 Å². The molecule has 4 nitrogen and oxygen atoms in total. The van der Waals surface area contributed by atoms with E-state index in [2.05, 4.69) is 10.1 Å². The highest BCUT2D eigenvalue weighted by molar-refractivity contribution is 7.12. The van der Waals surface area contributed by atoms with E-state index in [-0.39, 0.29) is 5.82 Å². The van der Waals surface area contributed by atoms with E-state index in [1.54, 1.807) is 6.07 Å². The van der Waals surface area contributed by atoms with Gasteiger partial charge >= 0.3 is 6.18 Å². The Morgan fingerprint density at radius 3 is 2.52 bits per heavy atom. The summed E-state index contributed by atoms with van der Waals surface area (Å²) in [6.07, 6.45) is -4.60. The zero-order valence-electron chi connectivity index (χ0n) is 13.4. The van der Waals surface area contributed by atoms with Crippen molar-refractivity contribution in [3.05, 3.63) is 53.2 Å². The van der Waals surface area contributed by atoms with Crippen molar-refractivity contribution in [2.24, 2.45) is 7.05 Å². The van der Waals surface area contributed by atoms with E-state index in [1.165, 1.54) is 16.0 Å². The fourth-order valence-corrected chi connectivity index (χ4v) is 3.64. The lowest BCUT2D eigenvalue weighted by molar-refractivity contribution is -0.144. The second kappa shape index (κ2) is 5.45. The Bertz CT molecular complexity index is 1070. The average molecular weight is 362 g/mol. The van der Waals surface area contributed by atoms with E-state index < -0.39 is 12.0 Å². The number of benzene rings is 1. The number of para-hydroxylation sites is 1. The maximum Gasteiger partial charge on any atom is 0.453 e. The van der Waals surface area contributed by atoms with Gasteiger partial charge in [0, 0.05) is 18.0 Å². The van der Waals surface area contributed by atoms with Gasteiger partial charge in [-0.25, -0.2) is 9.67 Å². The lowest BCUT2D eigenvalue weighted by Crippen LogP contribution is -2.08. The minimum absolute atomic E-state index is 0.174. The smallest absolute Gasteiger partial charge is 0.341 e. The van der Waals surface area contributed by atoms with Crippen molar-refractivity contribution in [3.8, 4) is 16.5 Å². The van der Waals surface area contributed by atoms with Crippen LogP contribution < -0.4 is 0 Å². The monoisotopic (exact) mass is 362 g/mol. The second-order valence-corrected chi connectivity index (χ2v) is 6.67. The van der Waals surface area contributed by atoms with Gasteiger partial charge < -0.3 is 4.57 Å². The first-order valence-electron chi connectivity index (χ1n) is 7.49. The summed E-state index contributed by atoms with van der Waals surface area (Å²) in [6.45, 7) is 1.89. The quantitative estimate of drug-likeness (QED) is 0.513. The van der Waals surface area contributed by atoms with Crippen molar-refractivity contribution in [3.63, 3.8) is 0 Å². The first kappa shape index (κ1) is 15.9. The molecule has 3 heterocycles. The standard InChI is InChI=1S/C17H13F3N4S/c1-10-7-14(25-9-10)24-15(21-16(22-24)17(18,19)20)13-8-11-5-3-4-6-12(11)23(13)2/h3-9H,1-2H3. The van der Waals surface area contributed by atoms with Crippen molar-refractivity contribution < 1.29 is 13.2 Å². The third-order valence-electron chi connectivity index (χ3n) is 3.97. The van der Waals surface area contributed by atoms with Crippen LogP contribution in [-0.2, 0) is 13.2 Å². The number of nitrogens with zero attached hydrogens (tertiary/aromatic N) is 4. The van der Waals surface area contributed by atoms with Crippen LogP contribution in [0.1, 0.15) is 11.4 Å². The Kier molecular flexibility index (Phi) is 3.47. The summed E-state index contributed by atoms with van der Waals surface area (Å²) in [6, 6.07) is 11.2. The normalized spacial score (nSPS) is 12.2. The molecule has 3 aromatic heterocycles. The summed E-state index contributed by atoms with van der Waals surface area (Å²) in [5.74, 6) is -0.966. The molecule has 4 aromatic rings. The van der Waals surface area contributed by atoms with Crippen LogP contribution in [0.3, 0.4) is 0 Å². The predicted octanol–water partition coefficient (Wildman–Crippen LogP) is 4.81. The van der Waals surface area contributed by atoms with Crippen molar-refractivity contribution >= 4 is 22.2 Å². The molecule has 0 atom stereocenters. The summed E-state index contributed by atoms with van der Waals surface area (Å²) < 4.78 is 42.6. The molecule has 0 unspecified atom stereocenters. The number of hydrogen-bond donors (Lipinski definition) is 0. The second-order valence-electron chi connectivity index (χ2n) is 5.78. The SMILES string of the molecule is Cc1csc(-n2nc(C(F)(F)F)nc2-c2cc3ccccc3n2C)c1. The number of aromatic nitrogens is 4. The van der Waals surface area contributed by atoms with Crippen molar-refractivity contribution in [1.82, 2.24) is 19.3 Å². The van der Waals surface area contributed by atoms with Crippen LogP contribution in [0.25, 0.3) is 27.4 Å². The van der Waals surface area contributed by atoms with Gasteiger partial charge in [-0.2, -0.15) is 13.2 Å². The van der Waals surface area contributed by atoms with Gasteiger partial charge in [0.2, 0.25) is 0 Å². The van der Waals surface area contributed by atoms with Gasteiger partial charge in [0.1, 0.15) is 5.00 Å². The van der Waals surface area contributed by atoms with Crippen LogP contribution in [0.15, 0.2) is 41.8 Å². The van der Waals surface area contributed by atoms with E-state index in [0.717, 1.165) is 16.5 Å². The molecule has 4 rings (SSSR count). The van der Waals surface area contributed by atoms with Crippen LogP contribution in [0, 0.1) is 6.92 Å². The van der Waals surface area contributed by atoms with Crippen LogP contribution in [-0.4, -0.2) is 19.3 Å². The topological polar surface area (TPSA) is 35.6 Å². The molecule has 0 spiro atoms. The van der Waals surface area contributed by atoms with Gasteiger partial charge in [-0.3, -0.25) is 0 Å². The third-order valence-corrected chi connectivity index (χ3v) is 4.99. The molecule has 128 valence electrons. The van der Waals surface area contributed by atoms with E-state index in [1.807, 2.05) is 54.3 Å². The summed E-state index contributed by atoms with van der Waals surface area (Å²) in [7, 11) is 1.81. The van der Waals surface area contributed by atoms with Crippen LogP contribution in [0.5, 0.6) is 0 Å². The van der Waals surface area contributed by atoms with Crippen LogP contribution in [0.4, 0.5) is 13.2 Å². The largest absolute Gasteiger partial charge is 0.453 e. The molecule has 0 bridgehead atoms. The molecule has 0 aliphatic rings. The summed E-state index contributed by atoms with van der Waals surface area (Å²) in [5.41, 5.74) is 2.46. The van der Waals surface area contributed by atoms with E-state index in [0.29, 0.717) is 10.7 Å². The fourth-order valence-electron chi connectivity index (χ4n) is 2.78. The number of aryl methyl sites for hydroxylation is 2. The molecule has 0 amide bonds. The van der Waals surface area contributed by atoms with Crippen LogP contribution in [0.2, 0.25) is 0 Å². The number of fused-ring (bicyclic) bond motifs is 1. The molecule has 0 N–H and O–H groups in total. The maximum absolute atomic E-state index is 13.2. The number of halogens is 3. The lowest BCUT2D eigenvalue weighted by atomic mass is 10.2. The molecular weight excluding hydrogens is 349 g/mol. The molecule has 0 fully saturated rings.